The number of aromatic nitrogens is 4. The minimum Gasteiger partial charge on any atom is -0.487 e. The van der Waals surface area contributed by atoms with Crippen LogP contribution in [0, 0.1) is 0 Å². The number of para-hydroxylation sites is 4. The van der Waals surface area contributed by atoms with E-state index in [4.69, 9.17) is 18.9 Å². The minimum absolute atomic E-state index is 0. The lowest BCUT2D eigenvalue weighted by molar-refractivity contribution is 0.0293. The molecule has 2 N–H and O–H groups in total. The molecule has 0 fully saturated rings. The Bertz CT molecular complexity index is 2160. The highest BCUT2D eigenvalue weighted by atomic mass is 35.5. The number of rotatable bonds is 21. The third-order valence-electron chi connectivity index (χ3n) is 9.25. The second-order valence-corrected chi connectivity index (χ2v) is 13.3. The van der Waals surface area contributed by atoms with Crippen LogP contribution in [0.4, 0.5) is 0 Å². The molecule has 0 aliphatic carbocycles. The Morgan fingerprint density at radius 3 is 1.53 bits per heavy atom. The quantitative estimate of drug-likeness (QED) is 0.100. The van der Waals surface area contributed by atoms with E-state index in [9.17, 15) is 19.8 Å². The Hall–Kier alpha value is -5.60. The van der Waals surface area contributed by atoms with Crippen LogP contribution in [0.5, 0.6) is 23.0 Å². The van der Waals surface area contributed by atoms with Gasteiger partial charge in [-0.25, -0.2) is 9.78 Å². The van der Waals surface area contributed by atoms with Gasteiger partial charge in [-0.2, -0.15) is 0 Å². The number of ether oxygens (including phenoxy) is 4. The number of hydrogen-bond acceptors (Lipinski definition) is 10. The van der Waals surface area contributed by atoms with Gasteiger partial charge in [0.1, 0.15) is 38.6 Å². The van der Waals surface area contributed by atoms with Gasteiger partial charge in [0.05, 0.1) is 6.33 Å². The predicted octanol–water partition coefficient (Wildman–Crippen LogP) is 5.16. The van der Waals surface area contributed by atoms with Crippen molar-refractivity contribution < 1.29 is 29.2 Å². The number of halogens is 1. The lowest BCUT2D eigenvalue weighted by Crippen LogP contribution is -2.43. The highest BCUT2D eigenvalue weighted by molar-refractivity contribution is 5.85. The first-order chi connectivity index (χ1) is 27.3. The van der Waals surface area contributed by atoms with Crippen LogP contribution in [0.15, 0.2) is 125 Å². The van der Waals surface area contributed by atoms with Gasteiger partial charge in [-0.15, -0.1) is 12.4 Å². The van der Waals surface area contributed by atoms with E-state index in [0.717, 1.165) is 11.1 Å². The molecule has 0 spiro atoms. The number of aliphatic hydroxyl groups is 2. The molecule has 6 rings (SSSR count). The molecule has 4 aromatic carbocycles. The summed E-state index contributed by atoms with van der Waals surface area (Å²) in [5.74, 6) is 2.09. The van der Waals surface area contributed by atoms with Crippen molar-refractivity contribution >= 4 is 23.6 Å². The van der Waals surface area contributed by atoms with Crippen LogP contribution in [-0.4, -0.2) is 78.9 Å². The summed E-state index contributed by atoms with van der Waals surface area (Å²) in [6.07, 6.45) is -0.368. The monoisotopic (exact) mass is 799 g/mol. The van der Waals surface area contributed by atoms with Gasteiger partial charge < -0.3 is 33.7 Å². The SMILES string of the molecule is CCn1c(=O)c2c(ncn2CCN(CC(O)COc2ccccc2OCc2ccccc2)CC(O)COc2ccccc2OCc2ccccc2)n(CC)c1=O.Cl. The molecule has 0 amide bonds. The van der Waals surface area contributed by atoms with Crippen molar-refractivity contribution in [2.24, 2.45) is 0 Å². The fourth-order valence-corrected chi connectivity index (χ4v) is 6.40. The van der Waals surface area contributed by atoms with Crippen LogP contribution in [0.25, 0.3) is 11.2 Å². The summed E-state index contributed by atoms with van der Waals surface area (Å²) in [5, 5.41) is 22.6. The summed E-state index contributed by atoms with van der Waals surface area (Å²) in [7, 11) is 0. The topological polar surface area (TPSA) is 142 Å². The molecule has 0 radical (unpaired) electrons. The van der Waals surface area contributed by atoms with Crippen LogP contribution in [-0.2, 0) is 32.8 Å². The Balaban J connectivity index is 0.00000620. The number of hydrogen-bond donors (Lipinski definition) is 2. The van der Waals surface area contributed by atoms with Gasteiger partial charge in [0, 0.05) is 39.3 Å². The van der Waals surface area contributed by atoms with E-state index < -0.39 is 23.5 Å². The number of fused-ring (bicyclic) bond motifs is 1. The second kappa shape index (κ2) is 21.1. The van der Waals surface area contributed by atoms with Gasteiger partial charge in [0.2, 0.25) is 0 Å². The van der Waals surface area contributed by atoms with E-state index in [1.54, 1.807) is 30.0 Å². The van der Waals surface area contributed by atoms with Gasteiger partial charge in [-0.05, 0) is 49.2 Å². The average Bonchev–Trinajstić information content (AvgIpc) is 3.65. The highest BCUT2D eigenvalue weighted by Crippen LogP contribution is 2.29. The maximum absolute atomic E-state index is 13.4. The van der Waals surface area contributed by atoms with Crippen LogP contribution < -0.4 is 30.2 Å². The van der Waals surface area contributed by atoms with E-state index >= 15 is 0 Å². The van der Waals surface area contributed by atoms with Crippen LogP contribution >= 0.6 is 12.4 Å². The van der Waals surface area contributed by atoms with E-state index in [1.807, 2.05) is 109 Å². The second-order valence-electron chi connectivity index (χ2n) is 13.3. The zero-order valence-corrected chi connectivity index (χ0v) is 33.0. The molecule has 2 atom stereocenters. The summed E-state index contributed by atoms with van der Waals surface area (Å²) >= 11 is 0. The Kier molecular flexibility index (Phi) is 15.7. The Labute approximate surface area is 337 Å². The molecule has 0 aliphatic heterocycles. The zero-order valence-electron chi connectivity index (χ0n) is 32.2. The Morgan fingerprint density at radius 2 is 1.07 bits per heavy atom. The van der Waals surface area contributed by atoms with Crippen molar-refractivity contribution in [3.63, 3.8) is 0 Å². The maximum atomic E-state index is 13.4. The van der Waals surface area contributed by atoms with E-state index in [2.05, 4.69) is 4.98 Å². The Morgan fingerprint density at radius 1 is 0.632 bits per heavy atom. The van der Waals surface area contributed by atoms with Crippen molar-refractivity contribution in [3.8, 4) is 23.0 Å². The van der Waals surface area contributed by atoms with Crippen molar-refractivity contribution in [1.29, 1.82) is 0 Å². The minimum atomic E-state index is -0.959. The molecule has 14 heteroatoms. The maximum Gasteiger partial charge on any atom is 0.332 e. The third kappa shape index (κ3) is 11.3. The number of aryl methyl sites for hydroxylation is 1. The summed E-state index contributed by atoms with van der Waals surface area (Å²) in [6.45, 7) is 5.70. The van der Waals surface area contributed by atoms with Crippen molar-refractivity contribution in [1.82, 2.24) is 23.6 Å². The fraction of sp³-hybridized carbons (Fsp3) is 0.326. The third-order valence-corrected chi connectivity index (χ3v) is 9.25. The lowest BCUT2D eigenvalue weighted by Gasteiger charge is -2.28. The van der Waals surface area contributed by atoms with E-state index in [0.29, 0.717) is 67.0 Å². The summed E-state index contributed by atoms with van der Waals surface area (Å²) in [6, 6.07) is 34.2. The lowest BCUT2D eigenvalue weighted by atomic mass is 10.2. The molecule has 2 unspecified atom stereocenters. The smallest absolute Gasteiger partial charge is 0.332 e. The largest absolute Gasteiger partial charge is 0.487 e. The molecule has 0 aliphatic rings. The number of nitrogens with zero attached hydrogens (tertiary/aromatic N) is 5. The van der Waals surface area contributed by atoms with Crippen LogP contribution in [0.1, 0.15) is 25.0 Å². The molecule has 302 valence electrons. The van der Waals surface area contributed by atoms with Gasteiger partial charge in [-0.3, -0.25) is 18.8 Å². The molecule has 2 heterocycles. The van der Waals surface area contributed by atoms with Crippen LogP contribution in [0.2, 0.25) is 0 Å². The molecule has 0 bridgehead atoms. The summed E-state index contributed by atoms with van der Waals surface area (Å²) in [4.78, 5) is 32.7. The number of aliphatic hydroxyl groups excluding tert-OH is 2. The summed E-state index contributed by atoms with van der Waals surface area (Å²) in [5.41, 5.74) is 1.86. The molecule has 13 nitrogen and oxygen atoms in total. The molecule has 57 heavy (non-hydrogen) atoms. The van der Waals surface area contributed by atoms with E-state index in [1.165, 1.54) is 9.13 Å². The zero-order chi connectivity index (χ0) is 39.3. The van der Waals surface area contributed by atoms with Crippen LogP contribution in [0.3, 0.4) is 0 Å². The van der Waals surface area contributed by atoms with Crippen molar-refractivity contribution in [2.75, 3.05) is 32.8 Å². The molecule has 2 aromatic heterocycles. The molecule has 0 saturated carbocycles. The molecular weight excluding hydrogens is 750 g/mol. The summed E-state index contributed by atoms with van der Waals surface area (Å²) < 4.78 is 28.6. The number of benzene rings is 4. The highest BCUT2D eigenvalue weighted by Gasteiger charge is 2.21. The first kappa shape index (κ1) is 42.5. The van der Waals surface area contributed by atoms with E-state index in [-0.39, 0.29) is 45.3 Å². The molecule has 0 saturated heterocycles. The molecular formula is C43H50ClN5O8. The number of imidazole rings is 1. The van der Waals surface area contributed by atoms with Crippen molar-refractivity contribution in [3.05, 3.63) is 147 Å². The van der Waals surface area contributed by atoms with Gasteiger partial charge in [0.25, 0.3) is 5.56 Å². The standard InChI is InChI=1S/C43H49N5O8.ClH/c1-3-47-41-40(42(51)48(4-2)43(47)52)46(31-44-41)24-23-45(25-34(49)29-55-38-21-13-11-19-36(38)53-27-32-15-7-5-8-16-32)26-35(50)30-56-39-22-14-12-20-37(39)54-28-33-17-9-6-10-18-33;/h5-22,31,34-35,49-50H,3-4,23-30H2,1-2H3;1H. The van der Waals surface area contributed by atoms with Gasteiger partial charge in [-0.1, -0.05) is 84.9 Å². The molecule has 6 aromatic rings. The first-order valence-corrected chi connectivity index (χ1v) is 18.9. The van der Waals surface area contributed by atoms with Gasteiger partial charge in [0.15, 0.2) is 34.2 Å². The normalized spacial score (nSPS) is 12.2. The first-order valence-electron chi connectivity index (χ1n) is 18.9. The van der Waals surface area contributed by atoms with Gasteiger partial charge >= 0.3 is 5.69 Å². The fourth-order valence-electron chi connectivity index (χ4n) is 6.40. The predicted molar refractivity (Wildman–Crippen MR) is 221 cm³/mol. The van der Waals surface area contributed by atoms with Crippen molar-refractivity contribution in [2.45, 2.75) is 58.9 Å². The average molecular weight is 800 g/mol.